The Hall–Kier alpha value is -3.67. The molecular formula is C23H27N5O6S. The highest BCUT2D eigenvalue weighted by molar-refractivity contribution is 7.90. The summed E-state index contributed by atoms with van der Waals surface area (Å²) in [6.07, 6.45) is 2.94. The quantitative estimate of drug-likeness (QED) is 0.381. The lowest BCUT2D eigenvalue weighted by molar-refractivity contribution is -0.384. The molecule has 35 heavy (non-hydrogen) atoms. The van der Waals surface area contributed by atoms with Crippen LogP contribution in [0.25, 0.3) is 11.0 Å². The largest absolute Gasteiger partial charge is 0.444 e. The van der Waals surface area contributed by atoms with E-state index in [1.807, 2.05) is 6.92 Å². The van der Waals surface area contributed by atoms with Crippen LogP contribution in [-0.4, -0.2) is 46.1 Å². The molecule has 12 heteroatoms. The molecule has 1 fully saturated rings. The van der Waals surface area contributed by atoms with Crippen molar-refractivity contribution in [2.24, 2.45) is 0 Å². The van der Waals surface area contributed by atoms with Crippen LogP contribution in [-0.2, 0) is 14.8 Å². The molecule has 0 saturated heterocycles. The van der Waals surface area contributed by atoms with Gasteiger partial charge >= 0.3 is 11.8 Å². The van der Waals surface area contributed by atoms with Crippen molar-refractivity contribution in [1.82, 2.24) is 14.3 Å². The first-order valence-electron chi connectivity index (χ1n) is 11.1. The third-order valence-electron chi connectivity index (χ3n) is 5.64. The molecule has 1 aliphatic rings. The summed E-state index contributed by atoms with van der Waals surface area (Å²) in [6, 6.07) is 7.62. The molecule has 1 aliphatic carbocycles. The van der Waals surface area contributed by atoms with Gasteiger partial charge in [-0.3, -0.25) is 10.1 Å². The number of rotatable bonds is 6. The molecule has 1 amide bonds. The van der Waals surface area contributed by atoms with Gasteiger partial charge in [0.25, 0.3) is 10.0 Å². The third kappa shape index (κ3) is 5.06. The van der Waals surface area contributed by atoms with Gasteiger partial charge in [0.15, 0.2) is 5.65 Å². The number of carbonyl (C=O) groups excluding carboxylic acids is 1. The van der Waals surface area contributed by atoms with Crippen molar-refractivity contribution in [1.29, 1.82) is 0 Å². The standard InChI is InChI=1S/C23H27N5O6S/c1-14-5-7-17(8-6-14)35(32,33)27-10-9-18-20(19(28(30)31)13-24-21(18)27)25-15-11-16(12-15)26-22(29)34-23(2,3)4/h5-10,13,15-16H,11-12H2,1-4H3,(H,24,25)(H,26,29)/t15-,16-. The van der Waals surface area contributed by atoms with Gasteiger partial charge in [0.2, 0.25) is 0 Å². The number of amides is 1. The highest BCUT2D eigenvalue weighted by Crippen LogP contribution is 2.36. The molecule has 2 N–H and O–H groups in total. The number of hydrogen-bond acceptors (Lipinski definition) is 8. The van der Waals surface area contributed by atoms with Crippen LogP contribution in [0.15, 0.2) is 47.6 Å². The first-order valence-corrected chi connectivity index (χ1v) is 12.5. The SMILES string of the molecule is Cc1ccc(S(=O)(=O)n2ccc3c(N[C@H]4C[C@H](NC(=O)OC(C)(C)C)C4)c([N+](=O)[O-])cnc32)cc1. The molecule has 3 aromatic rings. The number of nitrogens with zero attached hydrogens (tertiary/aromatic N) is 3. The van der Waals surface area contributed by atoms with Crippen LogP contribution in [0.4, 0.5) is 16.2 Å². The topological polar surface area (TPSA) is 145 Å². The average Bonchev–Trinajstić information content (AvgIpc) is 3.16. The van der Waals surface area contributed by atoms with Crippen LogP contribution >= 0.6 is 0 Å². The normalized spacial score (nSPS) is 18.1. The van der Waals surface area contributed by atoms with E-state index in [2.05, 4.69) is 15.6 Å². The van der Waals surface area contributed by atoms with E-state index in [-0.39, 0.29) is 34.0 Å². The molecule has 0 atom stereocenters. The van der Waals surface area contributed by atoms with Crippen LogP contribution in [0, 0.1) is 17.0 Å². The molecular weight excluding hydrogens is 474 g/mol. The van der Waals surface area contributed by atoms with Crippen LogP contribution in [0.2, 0.25) is 0 Å². The number of nitrogens with one attached hydrogen (secondary N) is 2. The number of benzene rings is 1. The Balaban J connectivity index is 1.58. The minimum atomic E-state index is -3.95. The molecule has 4 rings (SSSR count). The van der Waals surface area contributed by atoms with Gasteiger partial charge in [0, 0.05) is 18.3 Å². The van der Waals surface area contributed by atoms with E-state index in [1.165, 1.54) is 24.4 Å². The predicted octanol–water partition coefficient (Wildman–Crippen LogP) is 3.96. The maximum absolute atomic E-state index is 13.2. The third-order valence-corrected chi connectivity index (χ3v) is 7.32. The van der Waals surface area contributed by atoms with Crippen molar-refractivity contribution in [2.75, 3.05) is 5.32 Å². The molecule has 0 bridgehead atoms. The second-order valence-electron chi connectivity index (χ2n) is 9.60. The van der Waals surface area contributed by atoms with Crippen LogP contribution < -0.4 is 10.6 Å². The van der Waals surface area contributed by atoms with Gasteiger partial charge in [-0.25, -0.2) is 22.2 Å². The summed E-state index contributed by atoms with van der Waals surface area (Å²) < 4.78 is 32.7. The van der Waals surface area contributed by atoms with Gasteiger partial charge in [-0.15, -0.1) is 0 Å². The number of alkyl carbamates (subject to hydrolysis) is 1. The summed E-state index contributed by atoms with van der Waals surface area (Å²) in [5.74, 6) is 0. The Bertz CT molecular complexity index is 1390. The van der Waals surface area contributed by atoms with Gasteiger partial charge in [-0.05, 0) is 58.7 Å². The highest BCUT2D eigenvalue weighted by atomic mass is 32.2. The van der Waals surface area contributed by atoms with Crippen molar-refractivity contribution in [3.05, 3.63) is 58.4 Å². The van der Waals surface area contributed by atoms with Crippen molar-refractivity contribution in [2.45, 2.75) is 63.1 Å². The number of fused-ring (bicyclic) bond motifs is 1. The number of ether oxygens (including phenoxy) is 1. The average molecular weight is 502 g/mol. The second-order valence-corrected chi connectivity index (χ2v) is 11.4. The van der Waals surface area contributed by atoms with E-state index in [9.17, 15) is 23.3 Å². The first-order chi connectivity index (χ1) is 16.3. The van der Waals surface area contributed by atoms with Crippen LogP contribution in [0.5, 0.6) is 0 Å². The zero-order valence-electron chi connectivity index (χ0n) is 19.8. The number of anilines is 1. The van der Waals surface area contributed by atoms with Crippen molar-refractivity contribution in [3.63, 3.8) is 0 Å². The van der Waals surface area contributed by atoms with Gasteiger partial charge < -0.3 is 15.4 Å². The van der Waals surface area contributed by atoms with E-state index in [0.29, 0.717) is 18.2 Å². The van der Waals surface area contributed by atoms with Crippen molar-refractivity contribution < 1.29 is 22.9 Å². The Labute approximate surface area is 202 Å². The molecule has 1 saturated carbocycles. The van der Waals surface area contributed by atoms with Gasteiger partial charge in [-0.2, -0.15) is 0 Å². The molecule has 2 heterocycles. The van der Waals surface area contributed by atoms with E-state index >= 15 is 0 Å². The lowest BCUT2D eigenvalue weighted by Gasteiger charge is -2.37. The number of nitro groups is 1. The number of pyridine rings is 1. The molecule has 11 nitrogen and oxygen atoms in total. The van der Waals surface area contributed by atoms with E-state index in [0.717, 1.165) is 15.7 Å². The van der Waals surface area contributed by atoms with E-state index in [4.69, 9.17) is 4.74 Å². The Kier molecular flexibility index (Phi) is 6.18. The molecule has 0 radical (unpaired) electrons. The van der Waals surface area contributed by atoms with Crippen LogP contribution in [0.1, 0.15) is 39.2 Å². The Morgan fingerprint density at radius 2 is 1.83 bits per heavy atom. The summed E-state index contributed by atoms with van der Waals surface area (Å²) in [5, 5.41) is 17.9. The fourth-order valence-electron chi connectivity index (χ4n) is 3.89. The zero-order chi connectivity index (χ0) is 25.5. The summed E-state index contributed by atoms with van der Waals surface area (Å²) in [6.45, 7) is 7.18. The lowest BCUT2D eigenvalue weighted by atomic mass is 9.86. The Morgan fingerprint density at radius 3 is 2.43 bits per heavy atom. The summed E-state index contributed by atoms with van der Waals surface area (Å²) in [5.41, 5.74) is 0.328. The smallest absolute Gasteiger partial charge is 0.407 e. The van der Waals surface area contributed by atoms with Gasteiger partial charge in [0.1, 0.15) is 17.5 Å². The zero-order valence-corrected chi connectivity index (χ0v) is 20.6. The van der Waals surface area contributed by atoms with Gasteiger partial charge in [-0.1, -0.05) is 17.7 Å². The summed E-state index contributed by atoms with van der Waals surface area (Å²) >= 11 is 0. The Morgan fingerprint density at radius 1 is 1.17 bits per heavy atom. The van der Waals surface area contributed by atoms with Crippen LogP contribution in [0.3, 0.4) is 0 Å². The molecule has 0 unspecified atom stereocenters. The van der Waals surface area contributed by atoms with E-state index in [1.54, 1.807) is 32.9 Å². The number of aryl methyl sites for hydroxylation is 1. The minimum absolute atomic E-state index is 0.0847. The van der Waals surface area contributed by atoms with Gasteiger partial charge in [0.05, 0.1) is 15.2 Å². The number of hydrogen-bond donors (Lipinski definition) is 2. The fraction of sp³-hybridized carbons (Fsp3) is 0.391. The molecule has 186 valence electrons. The molecule has 2 aromatic heterocycles. The summed E-state index contributed by atoms with van der Waals surface area (Å²) in [4.78, 5) is 27.3. The lowest BCUT2D eigenvalue weighted by Crippen LogP contribution is -2.50. The second kappa shape index (κ2) is 8.84. The first kappa shape index (κ1) is 24.5. The van der Waals surface area contributed by atoms with Crippen molar-refractivity contribution >= 4 is 38.5 Å². The summed E-state index contributed by atoms with van der Waals surface area (Å²) in [7, 11) is -3.95. The maximum Gasteiger partial charge on any atom is 0.407 e. The number of carbonyl (C=O) groups is 1. The molecule has 1 aromatic carbocycles. The molecule has 0 spiro atoms. The van der Waals surface area contributed by atoms with E-state index < -0.39 is 26.6 Å². The minimum Gasteiger partial charge on any atom is -0.444 e. The maximum atomic E-state index is 13.2. The van der Waals surface area contributed by atoms with Crippen molar-refractivity contribution in [3.8, 4) is 0 Å². The fourth-order valence-corrected chi connectivity index (χ4v) is 5.19. The predicted molar refractivity (Wildman–Crippen MR) is 130 cm³/mol. The monoisotopic (exact) mass is 501 g/mol. The molecule has 0 aliphatic heterocycles. The highest BCUT2D eigenvalue weighted by Gasteiger charge is 2.34. The number of aromatic nitrogens is 2.